The summed E-state index contributed by atoms with van der Waals surface area (Å²) in [5, 5.41) is 0. The van der Waals surface area contributed by atoms with Crippen LogP contribution in [0.5, 0.6) is 0 Å². The highest BCUT2D eigenvalue weighted by atomic mass is 16.5. The average Bonchev–Trinajstić information content (AvgIpc) is 2.89. The van der Waals surface area contributed by atoms with Crippen molar-refractivity contribution in [1.29, 1.82) is 0 Å². The molecule has 64 valence electrons. The lowest BCUT2D eigenvalue weighted by atomic mass is 10.0. The Morgan fingerprint density at radius 2 is 2.08 bits per heavy atom. The van der Waals surface area contributed by atoms with Gasteiger partial charge in [-0.3, -0.25) is 0 Å². The number of ether oxygens (including phenoxy) is 1. The summed E-state index contributed by atoms with van der Waals surface area (Å²) < 4.78 is 5.15. The van der Waals surface area contributed by atoms with Gasteiger partial charge in [-0.1, -0.05) is 24.3 Å². The summed E-state index contributed by atoms with van der Waals surface area (Å²) in [7, 11) is 1.75. The second kappa shape index (κ2) is 3.28. The number of rotatable bonds is 3. The molecule has 1 aromatic rings. The van der Waals surface area contributed by atoms with Gasteiger partial charge in [-0.05, 0) is 29.9 Å². The number of benzene rings is 1. The summed E-state index contributed by atoms with van der Waals surface area (Å²) in [6, 6.07) is 8.59. The largest absolute Gasteiger partial charge is 0.380 e. The average molecular weight is 162 g/mol. The molecule has 1 saturated carbocycles. The molecule has 0 N–H and O–H groups in total. The Morgan fingerprint density at radius 3 is 2.75 bits per heavy atom. The third kappa shape index (κ3) is 1.51. The van der Waals surface area contributed by atoms with Gasteiger partial charge in [0.15, 0.2) is 0 Å². The van der Waals surface area contributed by atoms with E-state index in [1.165, 1.54) is 24.0 Å². The van der Waals surface area contributed by atoms with Crippen molar-refractivity contribution in [2.45, 2.75) is 25.4 Å². The zero-order valence-corrected chi connectivity index (χ0v) is 7.42. The van der Waals surface area contributed by atoms with Crippen LogP contribution in [0.4, 0.5) is 0 Å². The third-order valence-corrected chi connectivity index (χ3v) is 2.37. The van der Waals surface area contributed by atoms with E-state index in [0.717, 1.165) is 12.5 Å². The minimum absolute atomic E-state index is 0.757. The minimum Gasteiger partial charge on any atom is -0.380 e. The summed E-state index contributed by atoms with van der Waals surface area (Å²) in [5.74, 6) is 0.830. The van der Waals surface area contributed by atoms with Crippen molar-refractivity contribution in [2.24, 2.45) is 0 Å². The molecule has 0 bridgehead atoms. The first kappa shape index (κ1) is 7.81. The van der Waals surface area contributed by atoms with Gasteiger partial charge in [0.05, 0.1) is 6.61 Å². The topological polar surface area (TPSA) is 9.23 Å². The van der Waals surface area contributed by atoms with Crippen LogP contribution in [0.25, 0.3) is 0 Å². The van der Waals surface area contributed by atoms with Crippen LogP contribution >= 0.6 is 0 Å². The lowest BCUT2D eigenvalue weighted by Crippen LogP contribution is -1.93. The van der Waals surface area contributed by atoms with Crippen LogP contribution in [0, 0.1) is 0 Å². The fourth-order valence-corrected chi connectivity index (χ4v) is 1.61. The van der Waals surface area contributed by atoms with Crippen LogP contribution in [0.2, 0.25) is 0 Å². The van der Waals surface area contributed by atoms with E-state index in [9.17, 15) is 0 Å². The molecule has 0 amide bonds. The summed E-state index contributed by atoms with van der Waals surface area (Å²) in [6.45, 7) is 0.757. The lowest BCUT2D eigenvalue weighted by molar-refractivity contribution is 0.184. The van der Waals surface area contributed by atoms with Crippen LogP contribution in [-0.4, -0.2) is 7.11 Å². The minimum atomic E-state index is 0.757. The van der Waals surface area contributed by atoms with Gasteiger partial charge in [-0.15, -0.1) is 0 Å². The van der Waals surface area contributed by atoms with E-state index in [-0.39, 0.29) is 0 Å². The van der Waals surface area contributed by atoms with Gasteiger partial charge >= 0.3 is 0 Å². The third-order valence-electron chi connectivity index (χ3n) is 2.37. The molecule has 0 radical (unpaired) electrons. The molecule has 0 atom stereocenters. The first-order valence-corrected chi connectivity index (χ1v) is 4.48. The summed E-state index contributed by atoms with van der Waals surface area (Å²) in [4.78, 5) is 0. The van der Waals surface area contributed by atoms with Crippen molar-refractivity contribution >= 4 is 0 Å². The first-order valence-electron chi connectivity index (χ1n) is 4.48. The Labute approximate surface area is 73.4 Å². The Kier molecular flexibility index (Phi) is 2.13. The van der Waals surface area contributed by atoms with E-state index in [0.29, 0.717) is 0 Å². The first-order chi connectivity index (χ1) is 5.92. The molecule has 0 aliphatic heterocycles. The molecule has 1 nitrogen and oxygen atoms in total. The molecule has 0 heterocycles. The fraction of sp³-hybridized carbons (Fsp3) is 0.455. The molecule has 2 rings (SSSR count). The fourth-order valence-electron chi connectivity index (χ4n) is 1.61. The van der Waals surface area contributed by atoms with Gasteiger partial charge in [0.2, 0.25) is 0 Å². The summed E-state index contributed by atoms with van der Waals surface area (Å²) in [6.07, 6.45) is 2.72. The van der Waals surface area contributed by atoms with Crippen molar-refractivity contribution in [3.8, 4) is 0 Å². The van der Waals surface area contributed by atoms with Gasteiger partial charge in [0.1, 0.15) is 0 Å². The van der Waals surface area contributed by atoms with E-state index in [4.69, 9.17) is 4.74 Å². The molecule has 0 saturated heterocycles. The second-order valence-corrected chi connectivity index (χ2v) is 3.41. The van der Waals surface area contributed by atoms with E-state index in [1.54, 1.807) is 7.11 Å². The van der Waals surface area contributed by atoms with E-state index >= 15 is 0 Å². The molecule has 0 unspecified atom stereocenters. The van der Waals surface area contributed by atoms with Crippen molar-refractivity contribution < 1.29 is 4.74 Å². The Bertz CT molecular complexity index is 263. The molecule has 1 fully saturated rings. The molecule has 0 spiro atoms. The number of hydrogen-bond acceptors (Lipinski definition) is 1. The van der Waals surface area contributed by atoms with E-state index in [1.807, 2.05) is 0 Å². The molecule has 1 heteroatoms. The zero-order chi connectivity index (χ0) is 8.39. The van der Waals surface area contributed by atoms with Gasteiger partial charge in [0.25, 0.3) is 0 Å². The Balaban J connectivity index is 2.24. The van der Waals surface area contributed by atoms with Gasteiger partial charge < -0.3 is 4.74 Å². The molecule has 1 aromatic carbocycles. The normalized spacial score (nSPS) is 16.4. The predicted octanol–water partition coefficient (Wildman–Crippen LogP) is 2.71. The van der Waals surface area contributed by atoms with Crippen LogP contribution < -0.4 is 0 Å². The van der Waals surface area contributed by atoms with Crippen LogP contribution in [-0.2, 0) is 11.3 Å². The maximum absolute atomic E-state index is 5.15. The quantitative estimate of drug-likeness (QED) is 0.664. The number of methoxy groups -OCH3 is 1. The highest BCUT2D eigenvalue weighted by Crippen LogP contribution is 2.41. The van der Waals surface area contributed by atoms with Gasteiger partial charge in [-0.25, -0.2) is 0 Å². The molecule has 1 aliphatic carbocycles. The summed E-state index contributed by atoms with van der Waals surface area (Å²) in [5.41, 5.74) is 2.86. The molecule has 12 heavy (non-hydrogen) atoms. The second-order valence-electron chi connectivity index (χ2n) is 3.41. The highest BCUT2D eigenvalue weighted by molar-refractivity contribution is 5.32. The van der Waals surface area contributed by atoms with Crippen LogP contribution in [0.1, 0.15) is 29.9 Å². The van der Waals surface area contributed by atoms with Gasteiger partial charge in [0, 0.05) is 7.11 Å². The molecular weight excluding hydrogens is 148 g/mol. The van der Waals surface area contributed by atoms with E-state index in [2.05, 4.69) is 24.3 Å². The van der Waals surface area contributed by atoms with Crippen LogP contribution in [0.3, 0.4) is 0 Å². The smallest absolute Gasteiger partial charge is 0.0715 e. The van der Waals surface area contributed by atoms with Crippen molar-refractivity contribution in [3.05, 3.63) is 35.4 Å². The van der Waals surface area contributed by atoms with Crippen molar-refractivity contribution in [3.63, 3.8) is 0 Å². The maximum Gasteiger partial charge on any atom is 0.0715 e. The zero-order valence-electron chi connectivity index (χ0n) is 7.42. The molecular formula is C11H14O. The van der Waals surface area contributed by atoms with Gasteiger partial charge in [-0.2, -0.15) is 0 Å². The SMILES string of the molecule is COCc1ccccc1C1CC1. The Morgan fingerprint density at radius 1 is 1.33 bits per heavy atom. The Hall–Kier alpha value is -0.820. The summed E-state index contributed by atoms with van der Waals surface area (Å²) >= 11 is 0. The van der Waals surface area contributed by atoms with Crippen molar-refractivity contribution in [1.82, 2.24) is 0 Å². The number of hydrogen-bond donors (Lipinski definition) is 0. The lowest BCUT2D eigenvalue weighted by Gasteiger charge is -2.06. The molecule has 0 aromatic heterocycles. The van der Waals surface area contributed by atoms with E-state index < -0.39 is 0 Å². The predicted molar refractivity (Wildman–Crippen MR) is 49.1 cm³/mol. The monoisotopic (exact) mass is 162 g/mol. The highest BCUT2D eigenvalue weighted by Gasteiger charge is 2.25. The maximum atomic E-state index is 5.15. The van der Waals surface area contributed by atoms with Crippen LogP contribution in [0.15, 0.2) is 24.3 Å². The standard InChI is InChI=1S/C11H14O/c1-12-8-10-4-2-3-5-11(10)9-6-7-9/h2-5,9H,6-8H2,1H3. The van der Waals surface area contributed by atoms with Crippen molar-refractivity contribution in [2.75, 3.05) is 7.11 Å². The molecule has 1 aliphatic rings.